The highest BCUT2D eigenvalue weighted by Crippen LogP contribution is 2.41. The number of benzene rings is 1. The topological polar surface area (TPSA) is 71.0 Å². The molecule has 0 saturated carbocycles. The van der Waals surface area contributed by atoms with Gasteiger partial charge in [0.2, 0.25) is 0 Å². The van der Waals surface area contributed by atoms with Gasteiger partial charge in [0.15, 0.2) is 0 Å². The molecule has 2 heterocycles. The van der Waals surface area contributed by atoms with E-state index in [1.54, 1.807) is 6.92 Å². The molecule has 1 amide bonds. The van der Waals surface area contributed by atoms with Crippen LogP contribution in [0.4, 0.5) is 18.9 Å². The van der Waals surface area contributed by atoms with Crippen molar-refractivity contribution in [3.63, 3.8) is 0 Å². The fourth-order valence-electron chi connectivity index (χ4n) is 3.57. The molecule has 1 saturated heterocycles. The third kappa shape index (κ3) is 4.12. The Morgan fingerprint density at radius 2 is 1.86 bits per heavy atom. The van der Waals surface area contributed by atoms with Crippen molar-refractivity contribution in [1.29, 1.82) is 0 Å². The third-order valence-corrected chi connectivity index (χ3v) is 5.20. The van der Waals surface area contributed by atoms with Crippen molar-refractivity contribution in [2.75, 3.05) is 25.3 Å². The first-order chi connectivity index (χ1) is 13.3. The number of amides is 1. The van der Waals surface area contributed by atoms with Gasteiger partial charge in [0.25, 0.3) is 5.91 Å². The summed E-state index contributed by atoms with van der Waals surface area (Å²) in [6, 6.07) is 4.10. The summed E-state index contributed by atoms with van der Waals surface area (Å²) in [6.07, 6.45) is -4.77. The molecule has 29 heavy (non-hydrogen) atoms. The molecule has 9 heteroatoms. The number of hydrogen-bond donors (Lipinski definition) is 2. The summed E-state index contributed by atoms with van der Waals surface area (Å²) < 4.78 is 49.6. The summed E-state index contributed by atoms with van der Waals surface area (Å²) in [4.78, 5) is 14.6. The van der Waals surface area contributed by atoms with Crippen LogP contribution in [0.25, 0.3) is 0 Å². The van der Waals surface area contributed by atoms with Gasteiger partial charge in [-0.3, -0.25) is 4.79 Å². The van der Waals surface area contributed by atoms with E-state index < -0.39 is 23.2 Å². The van der Waals surface area contributed by atoms with E-state index in [2.05, 4.69) is 5.32 Å². The number of rotatable bonds is 2. The minimum Gasteiger partial charge on any atom is -0.510 e. The molecule has 0 aliphatic carbocycles. The number of alkyl halides is 3. The lowest BCUT2D eigenvalue weighted by Crippen LogP contribution is -2.51. The summed E-state index contributed by atoms with van der Waals surface area (Å²) in [5, 5.41) is 13.5. The quantitative estimate of drug-likeness (QED) is 0.768. The van der Waals surface area contributed by atoms with E-state index in [0.29, 0.717) is 0 Å². The first kappa shape index (κ1) is 21.6. The minimum atomic E-state index is -4.46. The minimum absolute atomic E-state index is 0.0213. The molecule has 2 atom stereocenters. The first-order valence-electron chi connectivity index (χ1n) is 9.21. The number of nitrogens with zero attached hydrogens (tertiary/aromatic N) is 1. The van der Waals surface area contributed by atoms with Crippen molar-refractivity contribution < 1.29 is 32.5 Å². The summed E-state index contributed by atoms with van der Waals surface area (Å²) in [7, 11) is 0. The van der Waals surface area contributed by atoms with Crippen LogP contribution in [0.2, 0.25) is 0 Å². The number of fused-ring (bicyclic) bond motifs is 1. The highest BCUT2D eigenvalue weighted by molar-refractivity contribution is 6.04. The van der Waals surface area contributed by atoms with Gasteiger partial charge in [0.1, 0.15) is 24.3 Å². The Labute approximate surface area is 167 Å². The highest BCUT2D eigenvalue weighted by atomic mass is 19.4. The maximum absolute atomic E-state index is 12.7. The van der Waals surface area contributed by atoms with Gasteiger partial charge in [-0.2, -0.15) is 13.2 Å². The molecule has 1 aromatic rings. The van der Waals surface area contributed by atoms with E-state index >= 15 is 0 Å². The van der Waals surface area contributed by atoms with Crippen LogP contribution < -0.4 is 5.32 Å². The number of nitrogens with one attached hydrogen (secondary N) is 1. The second kappa shape index (κ2) is 7.30. The van der Waals surface area contributed by atoms with Crippen LogP contribution in [-0.4, -0.2) is 47.6 Å². The predicted molar refractivity (Wildman–Crippen MR) is 100.0 cm³/mol. The predicted octanol–water partition coefficient (Wildman–Crippen LogP) is 3.91. The second-order valence-electron chi connectivity index (χ2n) is 8.61. The Morgan fingerprint density at radius 1 is 1.24 bits per heavy atom. The summed E-state index contributed by atoms with van der Waals surface area (Å²) in [5.41, 5.74) is -1.79. The standard InChI is InChI=1S/C20H25F3N2O4/c1-18(2,3)17-25-11-28-9-14(15(26)19(25,4)10-29-17)16(27)24-13-7-5-12(6-8-13)20(21,22)23/h5-8,17,26H,9-11H2,1-4H3,(H,24,27)/t17-,19-/m1/s1. The van der Waals surface area contributed by atoms with E-state index in [-0.39, 0.29) is 48.6 Å². The van der Waals surface area contributed by atoms with Crippen LogP contribution in [0.5, 0.6) is 0 Å². The fourth-order valence-corrected chi connectivity index (χ4v) is 3.57. The normalized spacial score (nSPS) is 26.2. The fraction of sp³-hybridized carbons (Fsp3) is 0.550. The molecule has 160 valence electrons. The molecule has 2 aliphatic rings. The lowest BCUT2D eigenvalue weighted by atomic mass is 9.90. The Kier molecular flexibility index (Phi) is 5.44. The van der Waals surface area contributed by atoms with E-state index in [4.69, 9.17) is 9.47 Å². The molecule has 0 aromatic heterocycles. The number of aliphatic hydroxyl groups excluding tert-OH is 1. The number of hydrogen-bond acceptors (Lipinski definition) is 5. The zero-order valence-corrected chi connectivity index (χ0v) is 16.8. The lowest BCUT2D eigenvalue weighted by molar-refractivity contribution is -0.137. The number of anilines is 1. The monoisotopic (exact) mass is 414 g/mol. The van der Waals surface area contributed by atoms with Gasteiger partial charge in [-0.25, -0.2) is 4.90 Å². The number of carbonyl (C=O) groups excluding carboxylic acids is 1. The van der Waals surface area contributed by atoms with Crippen LogP contribution in [0, 0.1) is 5.41 Å². The molecular formula is C20H25F3N2O4. The molecule has 1 aromatic carbocycles. The van der Waals surface area contributed by atoms with Crippen molar-refractivity contribution in [3.05, 3.63) is 41.2 Å². The van der Waals surface area contributed by atoms with E-state index in [1.807, 2.05) is 25.7 Å². The Bertz CT molecular complexity index is 815. The zero-order chi connectivity index (χ0) is 21.6. The van der Waals surface area contributed by atoms with E-state index in [0.717, 1.165) is 24.3 Å². The molecule has 2 N–H and O–H groups in total. The van der Waals surface area contributed by atoms with E-state index in [1.165, 1.54) is 0 Å². The largest absolute Gasteiger partial charge is 0.510 e. The van der Waals surface area contributed by atoms with Gasteiger partial charge in [-0.15, -0.1) is 0 Å². The Hall–Kier alpha value is -2.10. The van der Waals surface area contributed by atoms with Crippen molar-refractivity contribution in [3.8, 4) is 0 Å². The van der Waals surface area contributed by atoms with Gasteiger partial charge in [-0.1, -0.05) is 20.8 Å². The van der Waals surface area contributed by atoms with Crippen molar-refractivity contribution in [1.82, 2.24) is 4.90 Å². The molecule has 0 radical (unpaired) electrons. The van der Waals surface area contributed by atoms with Crippen molar-refractivity contribution >= 4 is 11.6 Å². The van der Waals surface area contributed by atoms with Gasteiger partial charge < -0.3 is 19.9 Å². The molecule has 6 nitrogen and oxygen atoms in total. The van der Waals surface area contributed by atoms with Crippen LogP contribution in [0.15, 0.2) is 35.6 Å². The smallest absolute Gasteiger partial charge is 0.416 e. The van der Waals surface area contributed by atoms with E-state index in [9.17, 15) is 23.1 Å². The number of halogens is 3. The van der Waals surface area contributed by atoms with Gasteiger partial charge in [0, 0.05) is 11.1 Å². The molecule has 2 aliphatic heterocycles. The number of aliphatic hydroxyl groups is 1. The van der Waals surface area contributed by atoms with Gasteiger partial charge in [0.05, 0.1) is 24.4 Å². The molecule has 0 bridgehead atoms. The molecule has 3 rings (SSSR count). The summed E-state index contributed by atoms with van der Waals surface area (Å²) in [5.74, 6) is -0.796. The summed E-state index contributed by atoms with van der Waals surface area (Å²) >= 11 is 0. The maximum Gasteiger partial charge on any atom is 0.416 e. The molecular weight excluding hydrogens is 389 g/mol. The third-order valence-electron chi connectivity index (χ3n) is 5.20. The Morgan fingerprint density at radius 3 is 2.41 bits per heavy atom. The average Bonchev–Trinajstić information content (AvgIpc) is 2.90. The average molecular weight is 414 g/mol. The van der Waals surface area contributed by atoms with Crippen molar-refractivity contribution in [2.24, 2.45) is 5.41 Å². The second-order valence-corrected chi connectivity index (χ2v) is 8.61. The Balaban J connectivity index is 1.84. The van der Waals surface area contributed by atoms with Crippen LogP contribution >= 0.6 is 0 Å². The molecule has 1 fully saturated rings. The zero-order valence-electron chi connectivity index (χ0n) is 16.8. The van der Waals surface area contributed by atoms with Crippen LogP contribution in [0.1, 0.15) is 33.3 Å². The first-order valence-corrected chi connectivity index (χ1v) is 9.21. The van der Waals surface area contributed by atoms with Crippen LogP contribution in [-0.2, 0) is 20.4 Å². The summed E-state index contributed by atoms with van der Waals surface area (Å²) in [6.45, 7) is 8.02. The maximum atomic E-state index is 12.7. The van der Waals surface area contributed by atoms with Crippen molar-refractivity contribution in [2.45, 2.75) is 45.6 Å². The lowest BCUT2D eigenvalue weighted by Gasteiger charge is -2.38. The number of carbonyl (C=O) groups is 1. The molecule has 0 unspecified atom stereocenters. The SMILES string of the molecule is CC(C)(C)[C@H]1OC[C@]2(C)C(O)=C(C(=O)Nc3ccc(C(F)(F)F)cc3)COCN12. The molecule has 0 spiro atoms. The van der Waals surface area contributed by atoms with Gasteiger partial charge in [-0.05, 0) is 31.2 Å². The number of ether oxygens (including phenoxy) is 2. The van der Waals surface area contributed by atoms with Gasteiger partial charge >= 0.3 is 6.18 Å². The highest BCUT2D eigenvalue weighted by Gasteiger charge is 2.53. The van der Waals surface area contributed by atoms with Crippen LogP contribution in [0.3, 0.4) is 0 Å².